The SMILES string of the molecule is CC1=[C-]CC=C1.C[C](C)=[Ti+].Cc1cc(O)cc([Si](C)(C)C(C)(C)C)c1. The number of benzene rings is 1. The quantitative estimate of drug-likeness (QED) is 0.470. The molecule has 0 atom stereocenters. The molecule has 0 spiro atoms. The van der Waals surface area contributed by atoms with Gasteiger partial charge in [-0.1, -0.05) is 52.0 Å². The van der Waals surface area contributed by atoms with Gasteiger partial charge >= 0.3 is 37.6 Å². The summed E-state index contributed by atoms with van der Waals surface area (Å²) in [5.41, 5.74) is 2.42. The molecule has 0 aromatic heterocycles. The zero-order chi connectivity index (χ0) is 19.8. The Hall–Kier alpha value is -0.699. The third-order valence-corrected chi connectivity index (χ3v) is 10.0. The number of rotatable bonds is 1. The molecular weight excluding hydrogens is 356 g/mol. The smallest absolute Gasteiger partial charge is 0.115 e. The van der Waals surface area contributed by atoms with Gasteiger partial charge in [0.2, 0.25) is 0 Å². The summed E-state index contributed by atoms with van der Waals surface area (Å²) in [5.74, 6) is 0.398. The van der Waals surface area contributed by atoms with Crippen LogP contribution < -0.4 is 5.19 Å². The minimum Gasteiger partial charge on any atom is -0.508 e. The molecule has 1 aromatic rings. The molecule has 0 aliphatic heterocycles. The Labute approximate surface area is 168 Å². The normalized spacial score (nSPS) is 13.3. The minimum atomic E-state index is -1.50. The summed E-state index contributed by atoms with van der Waals surface area (Å²) in [6.07, 6.45) is 8.33. The van der Waals surface area contributed by atoms with Crippen molar-refractivity contribution >= 4 is 17.1 Å². The van der Waals surface area contributed by atoms with E-state index in [9.17, 15) is 5.11 Å². The Morgan fingerprint density at radius 1 is 1.12 bits per heavy atom. The van der Waals surface area contributed by atoms with Gasteiger partial charge in [0.25, 0.3) is 0 Å². The predicted molar refractivity (Wildman–Crippen MR) is 112 cm³/mol. The fourth-order valence-electron chi connectivity index (χ4n) is 2.07. The molecule has 1 nitrogen and oxygen atoms in total. The van der Waals surface area contributed by atoms with Crippen molar-refractivity contribution < 1.29 is 25.1 Å². The molecule has 0 heterocycles. The summed E-state index contributed by atoms with van der Waals surface area (Å²) in [5, 5.41) is 11.3. The van der Waals surface area contributed by atoms with Crippen LogP contribution in [0.2, 0.25) is 18.1 Å². The largest absolute Gasteiger partial charge is 0.508 e. The van der Waals surface area contributed by atoms with Crippen LogP contribution in [-0.2, 0) is 20.0 Å². The first-order chi connectivity index (χ1) is 11.3. The molecular formula is C22H35OSiTi. The first kappa shape index (κ1) is 24.3. The van der Waals surface area contributed by atoms with Crippen LogP contribution in [0.1, 0.15) is 53.5 Å². The molecule has 0 unspecified atom stereocenters. The third kappa shape index (κ3) is 9.53. The third-order valence-electron chi connectivity index (χ3n) is 4.53. The second kappa shape index (κ2) is 10.4. The maximum Gasteiger partial charge on any atom is 0.115 e. The van der Waals surface area contributed by atoms with E-state index in [4.69, 9.17) is 0 Å². The Morgan fingerprint density at radius 3 is 1.92 bits per heavy atom. The monoisotopic (exact) mass is 391 g/mol. The molecule has 2 rings (SSSR count). The van der Waals surface area contributed by atoms with Crippen molar-refractivity contribution in [3.8, 4) is 5.75 Å². The van der Waals surface area contributed by atoms with Crippen molar-refractivity contribution in [2.45, 2.75) is 73.0 Å². The van der Waals surface area contributed by atoms with E-state index in [0.717, 1.165) is 12.0 Å². The van der Waals surface area contributed by atoms with Gasteiger partial charge in [0, 0.05) is 0 Å². The van der Waals surface area contributed by atoms with Crippen molar-refractivity contribution in [1.29, 1.82) is 0 Å². The summed E-state index contributed by atoms with van der Waals surface area (Å²) in [4.78, 5) is 0. The molecule has 0 amide bonds. The van der Waals surface area contributed by atoms with Crippen molar-refractivity contribution in [3.05, 3.63) is 47.6 Å². The average molecular weight is 391 g/mol. The standard InChI is InChI=1S/C13H22OSi.C6H7.C3H6.Ti/c1-10-7-11(14)9-12(8-10)15(5,6)13(2,3)4;1-6-4-2-3-5-6;1-3-2;/h7-9,14H,1-6H3;2,4H,3H2,1H3;1-2H3;/q;-1;;+1. The Balaban J connectivity index is 0.000000470. The Bertz CT molecular complexity index is 607. The molecule has 25 heavy (non-hydrogen) atoms. The van der Waals surface area contributed by atoms with Crippen LogP contribution in [0.3, 0.4) is 0 Å². The van der Waals surface area contributed by atoms with E-state index in [1.54, 1.807) is 0 Å². The molecule has 0 saturated carbocycles. The first-order valence-electron chi connectivity index (χ1n) is 8.84. The number of phenols is 1. The summed E-state index contributed by atoms with van der Waals surface area (Å²) in [6, 6.07) is 5.97. The van der Waals surface area contributed by atoms with Gasteiger partial charge < -0.3 is 5.11 Å². The second-order valence-electron chi connectivity index (χ2n) is 8.40. The van der Waals surface area contributed by atoms with E-state index < -0.39 is 8.07 Å². The van der Waals surface area contributed by atoms with Crippen molar-refractivity contribution in [2.75, 3.05) is 0 Å². The van der Waals surface area contributed by atoms with Gasteiger partial charge in [-0.2, -0.15) is 6.08 Å². The second-order valence-corrected chi connectivity index (χ2v) is 15.3. The maximum atomic E-state index is 9.65. The van der Waals surface area contributed by atoms with Crippen LogP contribution in [0, 0.1) is 13.0 Å². The molecule has 0 radical (unpaired) electrons. The summed E-state index contributed by atoms with van der Waals surface area (Å²) in [7, 11) is -1.50. The molecule has 1 aliphatic carbocycles. The molecule has 1 aliphatic rings. The molecule has 3 heteroatoms. The molecule has 137 valence electrons. The van der Waals surface area contributed by atoms with Crippen LogP contribution in [0.5, 0.6) is 5.75 Å². The van der Waals surface area contributed by atoms with E-state index >= 15 is 0 Å². The van der Waals surface area contributed by atoms with E-state index in [2.05, 4.69) is 98.9 Å². The molecule has 0 bridgehead atoms. The molecule has 1 N–H and O–H groups in total. The molecule has 0 fully saturated rings. The number of aromatic hydroxyl groups is 1. The number of hydrogen-bond donors (Lipinski definition) is 1. The molecule has 0 saturated heterocycles. The zero-order valence-electron chi connectivity index (χ0n) is 17.5. The predicted octanol–water partition coefficient (Wildman–Crippen LogP) is 5.86. The van der Waals surface area contributed by atoms with Crippen molar-refractivity contribution in [1.82, 2.24) is 0 Å². The number of hydrogen-bond acceptors (Lipinski definition) is 1. The van der Waals surface area contributed by atoms with Crippen molar-refractivity contribution in [2.24, 2.45) is 0 Å². The topological polar surface area (TPSA) is 20.2 Å². The van der Waals surface area contributed by atoms with Gasteiger partial charge in [0.1, 0.15) is 5.75 Å². The van der Waals surface area contributed by atoms with E-state index in [1.165, 1.54) is 14.6 Å². The van der Waals surface area contributed by atoms with Gasteiger partial charge in [0.05, 0.1) is 8.07 Å². The Morgan fingerprint density at radius 2 is 1.64 bits per heavy atom. The average Bonchev–Trinajstić information content (AvgIpc) is 2.87. The van der Waals surface area contributed by atoms with E-state index in [1.807, 2.05) is 19.1 Å². The van der Waals surface area contributed by atoms with Gasteiger partial charge in [-0.05, 0) is 29.7 Å². The van der Waals surface area contributed by atoms with Crippen molar-refractivity contribution in [3.63, 3.8) is 0 Å². The molecule has 1 aromatic carbocycles. The summed E-state index contributed by atoms with van der Waals surface area (Å²) < 4.78 is 1.42. The number of phenolic OH excluding ortho intramolecular Hbond substituents is 1. The maximum absolute atomic E-state index is 9.65. The van der Waals surface area contributed by atoms with Gasteiger partial charge in [-0.25, -0.2) is 11.6 Å². The van der Waals surface area contributed by atoms with E-state index in [0.29, 0.717) is 10.8 Å². The fourth-order valence-corrected chi connectivity index (χ4v) is 4.03. The fraction of sp³-hybridized carbons (Fsp3) is 0.500. The Kier molecular flexibility index (Phi) is 10.2. The number of allylic oxidation sites excluding steroid dienone is 4. The summed E-state index contributed by atoms with van der Waals surface area (Å²) in [6.45, 7) is 19.9. The number of aryl methyl sites for hydroxylation is 1. The van der Waals surface area contributed by atoms with Crippen LogP contribution in [-0.4, -0.2) is 17.0 Å². The first-order valence-corrected chi connectivity index (χ1v) is 12.6. The van der Waals surface area contributed by atoms with Crippen LogP contribution in [0.25, 0.3) is 0 Å². The van der Waals surface area contributed by atoms with E-state index in [-0.39, 0.29) is 0 Å². The van der Waals surface area contributed by atoms with Crippen LogP contribution in [0.4, 0.5) is 0 Å². The summed E-state index contributed by atoms with van der Waals surface area (Å²) >= 11 is 2.08. The van der Waals surface area contributed by atoms with Gasteiger partial charge in [-0.15, -0.1) is 6.42 Å². The van der Waals surface area contributed by atoms with Gasteiger partial charge in [-0.3, -0.25) is 6.08 Å². The van der Waals surface area contributed by atoms with Crippen LogP contribution in [0.15, 0.2) is 35.9 Å². The van der Waals surface area contributed by atoms with Crippen LogP contribution >= 0.6 is 0 Å². The minimum absolute atomic E-state index is 0.313. The zero-order valence-corrected chi connectivity index (χ0v) is 20.1. The van der Waals surface area contributed by atoms with Gasteiger partial charge in [0.15, 0.2) is 0 Å².